The molecule has 0 heterocycles. The van der Waals surface area contributed by atoms with Gasteiger partial charge in [0.05, 0.1) is 0 Å². The predicted molar refractivity (Wildman–Crippen MR) is 101 cm³/mol. The zero-order valence-corrected chi connectivity index (χ0v) is 15.0. The lowest BCUT2D eigenvalue weighted by Gasteiger charge is -2.10. The first kappa shape index (κ1) is 19.2. The summed E-state index contributed by atoms with van der Waals surface area (Å²) in [5, 5.41) is -0.644. The molecule has 3 aromatic rings. The minimum atomic E-state index is -0.976. The molecule has 0 radical (unpaired) electrons. The highest BCUT2D eigenvalue weighted by Gasteiger charge is 2.14. The number of rotatable bonds is 5. The van der Waals surface area contributed by atoms with Gasteiger partial charge in [-0.2, -0.15) is 0 Å². The topological polar surface area (TPSA) is 0 Å². The third-order valence-electron chi connectivity index (χ3n) is 4.25. The van der Waals surface area contributed by atoms with E-state index in [4.69, 9.17) is 11.6 Å². The maximum absolute atomic E-state index is 14.6. The van der Waals surface area contributed by atoms with Gasteiger partial charge in [-0.3, -0.25) is 0 Å². The summed E-state index contributed by atoms with van der Waals surface area (Å²) in [6, 6.07) is 10.7. The van der Waals surface area contributed by atoms with Gasteiger partial charge in [0.15, 0.2) is 0 Å². The Morgan fingerprint density at radius 3 is 1.89 bits per heavy atom. The van der Waals surface area contributed by atoms with E-state index in [-0.39, 0.29) is 16.7 Å². The van der Waals surface area contributed by atoms with Crippen molar-refractivity contribution in [1.82, 2.24) is 0 Å². The minimum absolute atomic E-state index is 0.00349. The molecule has 5 heteroatoms. The molecule has 0 bridgehead atoms. The summed E-state index contributed by atoms with van der Waals surface area (Å²) in [5.74, 6) is -3.14. The summed E-state index contributed by atoms with van der Waals surface area (Å²) in [6.07, 6.45) is 3.15. The van der Waals surface area contributed by atoms with E-state index in [0.29, 0.717) is 12.0 Å². The lowest BCUT2D eigenvalue weighted by molar-refractivity contribution is 0.584. The fourth-order valence-corrected chi connectivity index (χ4v) is 2.95. The monoisotopic (exact) mass is 390 g/mol. The average Bonchev–Trinajstić information content (AvgIpc) is 2.64. The van der Waals surface area contributed by atoms with Gasteiger partial charge in [-0.05, 0) is 53.8 Å². The zero-order chi connectivity index (χ0) is 19.6. The van der Waals surface area contributed by atoms with Crippen LogP contribution in [0, 0.1) is 23.3 Å². The maximum atomic E-state index is 14.6. The van der Waals surface area contributed by atoms with Gasteiger partial charge in [0.2, 0.25) is 0 Å². The minimum Gasteiger partial charge on any atom is -0.206 e. The molecule has 0 aliphatic rings. The molecule has 0 aliphatic carbocycles. The van der Waals surface area contributed by atoms with E-state index in [1.165, 1.54) is 18.2 Å². The fraction of sp³-hybridized carbons (Fsp3) is 0.0909. The molecule has 0 saturated carbocycles. The van der Waals surface area contributed by atoms with Gasteiger partial charge < -0.3 is 0 Å². The van der Waals surface area contributed by atoms with Gasteiger partial charge in [0.1, 0.15) is 28.3 Å². The largest absolute Gasteiger partial charge is 0.206 e. The SMILES string of the molecule is C=CCCc1ccc(-c2ccc(-c3cc(F)c(Cl)c(F)c3)c(F)c2)c(F)c1. The van der Waals surface area contributed by atoms with Crippen LogP contribution in [0.2, 0.25) is 5.02 Å². The summed E-state index contributed by atoms with van der Waals surface area (Å²) in [6.45, 7) is 3.63. The molecule has 0 aromatic heterocycles. The van der Waals surface area contributed by atoms with Crippen molar-refractivity contribution in [2.24, 2.45) is 0 Å². The second-order valence-electron chi connectivity index (χ2n) is 6.09. The third kappa shape index (κ3) is 4.06. The Balaban J connectivity index is 1.97. The van der Waals surface area contributed by atoms with Gasteiger partial charge in [0.25, 0.3) is 0 Å². The Morgan fingerprint density at radius 1 is 0.741 bits per heavy atom. The number of benzene rings is 3. The Hall–Kier alpha value is -2.59. The summed E-state index contributed by atoms with van der Waals surface area (Å²) in [7, 11) is 0. The van der Waals surface area contributed by atoms with Crippen LogP contribution in [0.3, 0.4) is 0 Å². The highest BCUT2D eigenvalue weighted by atomic mass is 35.5. The van der Waals surface area contributed by atoms with Crippen LogP contribution < -0.4 is 0 Å². The van der Waals surface area contributed by atoms with Crippen LogP contribution in [-0.4, -0.2) is 0 Å². The van der Waals surface area contributed by atoms with E-state index in [2.05, 4.69) is 6.58 Å². The van der Waals surface area contributed by atoms with Crippen molar-refractivity contribution in [2.75, 3.05) is 0 Å². The van der Waals surface area contributed by atoms with Gasteiger partial charge in [-0.1, -0.05) is 41.9 Å². The Bertz CT molecular complexity index is 988. The molecule has 0 unspecified atom stereocenters. The summed E-state index contributed by atoms with van der Waals surface area (Å²) in [5.41, 5.74) is 1.41. The molecule has 0 nitrogen and oxygen atoms in total. The van der Waals surface area contributed by atoms with Crippen LogP contribution in [0.15, 0.2) is 61.2 Å². The number of hydrogen-bond donors (Lipinski definition) is 0. The van der Waals surface area contributed by atoms with Crippen molar-refractivity contribution >= 4 is 11.6 Å². The highest BCUT2D eigenvalue weighted by Crippen LogP contribution is 2.32. The lowest BCUT2D eigenvalue weighted by atomic mass is 9.97. The average molecular weight is 391 g/mol. The second-order valence-corrected chi connectivity index (χ2v) is 6.47. The van der Waals surface area contributed by atoms with E-state index in [1.807, 2.05) is 0 Å². The van der Waals surface area contributed by atoms with Crippen molar-refractivity contribution in [1.29, 1.82) is 0 Å². The highest BCUT2D eigenvalue weighted by molar-refractivity contribution is 6.31. The number of aryl methyl sites for hydroxylation is 1. The van der Waals surface area contributed by atoms with Gasteiger partial charge in [0, 0.05) is 11.1 Å². The first-order chi connectivity index (χ1) is 12.9. The zero-order valence-electron chi connectivity index (χ0n) is 14.2. The van der Waals surface area contributed by atoms with E-state index in [1.54, 1.807) is 18.2 Å². The molecule has 0 aliphatic heterocycles. The summed E-state index contributed by atoms with van der Waals surface area (Å²) >= 11 is 5.45. The fourth-order valence-electron chi connectivity index (χ4n) is 2.84. The van der Waals surface area contributed by atoms with E-state index >= 15 is 0 Å². The standard InChI is InChI=1S/C22H15ClF4/c1-2-3-4-13-5-7-16(18(24)9-13)14-6-8-17(19(25)10-14)15-11-20(26)22(23)21(27)12-15/h2,5-12H,1,3-4H2. The van der Waals surface area contributed by atoms with Crippen molar-refractivity contribution < 1.29 is 17.6 Å². The summed E-state index contributed by atoms with van der Waals surface area (Å²) < 4.78 is 56.2. The van der Waals surface area contributed by atoms with Gasteiger partial charge >= 0.3 is 0 Å². The van der Waals surface area contributed by atoms with Crippen LogP contribution in [-0.2, 0) is 6.42 Å². The molecule has 27 heavy (non-hydrogen) atoms. The lowest BCUT2D eigenvalue weighted by Crippen LogP contribution is -1.93. The number of hydrogen-bond acceptors (Lipinski definition) is 0. The molecule has 0 amide bonds. The van der Waals surface area contributed by atoms with Crippen molar-refractivity contribution in [2.45, 2.75) is 12.8 Å². The van der Waals surface area contributed by atoms with Crippen LogP contribution in [0.4, 0.5) is 17.6 Å². The molecule has 0 atom stereocenters. The van der Waals surface area contributed by atoms with Crippen molar-refractivity contribution in [3.05, 3.63) is 95.0 Å². The Labute approximate surface area is 159 Å². The first-order valence-electron chi connectivity index (χ1n) is 8.25. The molecule has 3 aromatic carbocycles. The molecule has 138 valence electrons. The first-order valence-corrected chi connectivity index (χ1v) is 8.62. The van der Waals surface area contributed by atoms with E-state index < -0.39 is 28.3 Å². The van der Waals surface area contributed by atoms with Crippen LogP contribution in [0.25, 0.3) is 22.3 Å². The third-order valence-corrected chi connectivity index (χ3v) is 4.61. The summed E-state index contributed by atoms with van der Waals surface area (Å²) in [4.78, 5) is 0. The molecular formula is C22H15ClF4. The van der Waals surface area contributed by atoms with Crippen LogP contribution in [0.1, 0.15) is 12.0 Å². The number of halogens is 5. The molecular weight excluding hydrogens is 376 g/mol. The van der Waals surface area contributed by atoms with E-state index in [0.717, 1.165) is 30.2 Å². The Kier molecular flexibility index (Phi) is 5.66. The Morgan fingerprint density at radius 2 is 1.30 bits per heavy atom. The molecule has 0 saturated heterocycles. The van der Waals surface area contributed by atoms with Gasteiger partial charge in [-0.25, -0.2) is 17.6 Å². The predicted octanol–water partition coefficient (Wildman–Crippen LogP) is 7.35. The molecule has 0 fully saturated rings. The normalized spacial score (nSPS) is 10.9. The van der Waals surface area contributed by atoms with Gasteiger partial charge in [-0.15, -0.1) is 6.58 Å². The smallest absolute Gasteiger partial charge is 0.145 e. The quantitative estimate of drug-likeness (QED) is 0.243. The van der Waals surface area contributed by atoms with Crippen molar-refractivity contribution in [3.8, 4) is 22.3 Å². The molecule has 0 spiro atoms. The van der Waals surface area contributed by atoms with Crippen LogP contribution >= 0.6 is 11.6 Å². The second kappa shape index (κ2) is 7.97. The molecule has 0 N–H and O–H groups in total. The molecule has 3 rings (SSSR count). The number of allylic oxidation sites excluding steroid dienone is 1. The maximum Gasteiger partial charge on any atom is 0.145 e. The van der Waals surface area contributed by atoms with Crippen LogP contribution in [0.5, 0.6) is 0 Å². The van der Waals surface area contributed by atoms with Crippen molar-refractivity contribution in [3.63, 3.8) is 0 Å². The van der Waals surface area contributed by atoms with E-state index in [9.17, 15) is 17.6 Å².